The molecule has 0 atom stereocenters. The lowest BCUT2D eigenvalue weighted by molar-refractivity contribution is 0.509. The van der Waals surface area contributed by atoms with Gasteiger partial charge in [-0.05, 0) is 38.6 Å². The molecule has 0 amide bonds. The van der Waals surface area contributed by atoms with E-state index in [1.165, 1.54) is 0 Å². The average Bonchev–Trinajstić information content (AvgIpc) is 2.77. The van der Waals surface area contributed by atoms with Gasteiger partial charge in [0.15, 0.2) is 0 Å². The lowest BCUT2D eigenvalue weighted by Gasteiger charge is -2.27. The van der Waals surface area contributed by atoms with Gasteiger partial charge in [-0.15, -0.1) is 11.3 Å². The summed E-state index contributed by atoms with van der Waals surface area (Å²) in [5, 5.41) is 9.92. The molecule has 0 aliphatic carbocycles. The highest BCUT2D eigenvalue weighted by Crippen LogP contribution is 2.29. The SMILES string of the molecule is CCCC(C)(C)Nc1nc(NCC)nc2sccc12. The predicted octanol–water partition coefficient (Wildman–Crippen LogP) is 4.11. The molecule has 104 valence electrons. The zero-order valence-corrected chi connectivity index (χ0v) is 12.9. The van der Waals surface area contributed by atoms with Gasteiger partial charge in [0.25, 0.3) is 0 Å². The number of rotatable bonds is 6. The zero-order chi connectivity index (χ0) is 13.9. The van der Waals surface area contributed by atoms with Crippen molar-refractivity contribution in [2.45, 2.75) is 46.1 Å². The molecule has 0 spiro atoms. The van der Waals surface area contributed by atoms with Crippen LogP contribution >= 0.6 is 11.3 Å². The third-order valence-corrected chi connectivity index (χ3v) is 3.80. The summed E-state index contributed by atoms with van der Waals surface area (Å²) in [5.74, 6) is 1.63. The van der Waals surface area contributed by atoms with E-state index in [0.29, 0.717) is 5.95 Å². The third-order valence-electron chi connectivity index (χ3n) is 2.99. The maximum atomic E-state index is 4.60. The van der Waals surface area contributed by atoms with Crippen molar-refractivity contribution in [2.75, 3.05) is 17.2 Å². The van der Waals surface area contributed by atoms with Gasteiger partial charge in [0, 0.05) is 12.1 Å². The summed E-state index contributed by atoms with van der Waals surface area (Å²) < 4.78 is 0. The first kappa shape index (κ1) is 14.1. The largest absolute Gasteiger partial charge is 0.364 e. The molecule has 0 aliphatic heterocycles. The summed E-state index contributed by atoms with van der Waals surface area (Å²) >= 11 is 1.65. The van der Waals surface area contributed by atoms with Crippen LogP contribution in [0.3, 0.4) is 0 Å². The minimum Gasteiger partial charge on any atom is -0.364 e. The minimum absolute atomic E-state index is 0.0431. The highest BCUT2D eigenvalue weighted by molar-refractivity contribution is 7.16. The number of thiophene rings is 1. The fraction of sp³-hybridized carbons (Fsp3) is 0.571. The van der Waals surface area contributed by atoms with E-state index in [0.717, 1.165) is 35.4 Å². The zero-order valence-electron chi connectivity index (χ0n) is 12.1. The van der Waals surface area contributed by atoms with Gasteiger partial charge >= 0.3 is 0 Å². The molecule has 2 N–H and O–H groups in total. The molecule has 2 aromatic rings. The molecule has 0 radical (unpaired) electrons. The Morgan fingerprint density at radius 2 is 2.05 bits per heavy atom. The van der Waals surface area contributed by atoms with Crippen molar-refractivity contribution in [3.63, 3.8) is 0 Å². The summed E-state index contributed by atoms with van der Waals surface area (Å²) in [5.41, 5.74) is 0.0431. The molecule has 0 saturated heterocycles. The fourth-order valence-corrected chi connectivity index (χ4v) is 2.96. The number of nitrogens with zero attached hydrogens (tertiary/aromatic N) is 2. The molecule has 0 aliphatic rings. The molecular weight excluding hydrogens is 256 g/mol. The topological polar surface area (TPSA) is 49.8 Å². The summed E-state index contributed by atoms with van der Waals surface area (Å²) in [6.07, 6.45) is 2.26. The van der Waals surface area contributed by atoms with E-state index in [-0.39, 0.29) is 5.54 Å². The van der Waals surface area contributed by atoms with Crippen LogP contribution in [0.1, 0.15) is 40.5 Å². The maximum absolute atomic E-state index is 4.60. The Morgan fingerprint density at radius 3 is 2.74 bits per heavy atom. The summed E-state index contributed by atoms with van der Waals surface area (Å²) in [6.45, 7) is 9.51. The second-order valence-electron chi connectivity index (χ2n) is 5.32. The standard InChI is InChI=1S/C14H22N4S/c1-5-8-14(3,4)18-11-10-7-9-19-12(10)17-13(16-11)15-6-2/h7,9H,5-6,8H2,1-4H3,(H2,15,16,17,18). The van der Waals surface area contributed by atoms with Crippen molar-refractivity contribution in [1.82, 2.24) is 9.97 Å². The lowest BCUT2D eigenvalue weighted by atomic mass is 9.99. The number of aromatic nitrogens is 2. The van der Waals surface area contributed by atoms with Gasteiger partial charge in [-0.1, -0.05) is 13.3 Å². The highest BCUT2D eigenvalue weighted by Gasteiger charge is 2.19. The van der Waals surface area contributed by atoms with Crippen molar-refractivity contribution in [2.24, 2.45) is 0 Å². The van der Waals surface area contributed by atoms with Crippen molar-refractivity contribution >= 4 is 33.3 Å². The van der Waals surface area contributed by atoms with Crippen molar-refractivity contribution < 1.29 is 0 Å². The van der Waals surface area contributed by atoms with Crippen LogP contribution in [-0.4, -0.2) is 22.1 Å². The van der Waals surface area contributed by atoms with Gasteiger partial charge in [-0.3, -0.25) is 0 Å². The Kier molecular flexibility index (Phi) is 4.24. The quantitative estimate of drug-likeness (QED) is 0.834. The lowest BCUT2D eigenvalue weighted by Crippen LogP contribution is -2.31. The molecule has 2 aromatic heterocycles. The van der Waals surface area contributed by atoms with E-state index in [1.54, 1.807) is 11.3 Å². The molecule has 19 heavy (non-hydrogen) atoms. The molecule has 0 bridgehead atoms. The highest BCUT2D eigenvalue weighted by atomic mass is 32.1. The monoisotopic (exact) mass is 278 g/mol. The van der Waals surface area contributed by atoms with Gasteiger partial charge < -0.3 is 10.6 Å². The Labute approximate surface area is 118 Å². The minimum atomic E-state index is 0.0431. The predicted molar refractivity (Wildman–Crippen MR) is 84.2 cm³/mol. The van der Waals surface area contributed by atoms with Crippen LogP contribution < -0.4 is 10.6 Å². The summed E-state index contributed by atoms with van der Waals surface area (Å²) in [6, 6.07) is 2.08. The number of hydrogen-bond donors (Lipinski definition) is 2. The van der Waals surface area contributed by atoms with Crippen LogP contribution in [0.5, 0.6) is 0 Å². The van der Waals surface area contributed by atoms with Crippen LogP contribution in [0.2, 0.25) is 0 Å². The molecule has 0 unspecified atom stereocenters. The maximum Gasteiger partial charge on any atom is 0.226 e. The molecule has 0 fully saturated rings. The van der Waals surface area contributed by atoms with E-state index in [9.17, 15) is 0 Å². The molecule has 0 saturated carbocycles. The molecular formula is C14H22N4S. The first-order chi connectivity index (χ1) is 9.05. The van der Waals surface area contributed by atoms with E-state index in [4.69, 9.17) is 0 Å². The van der Waals surface area contributed by atoms with Crippen molar-refractivity contribution in [1.29, 1.82) is 0 Å². The van der Waals surface area contributed by atoms with Crippen LogP contribution in [0.15, 0.2) is 11.4 Å². The van der Waals surface area contributed by atoms with Gasteiger partial charge in [0.2, 0.25) is 5.95 Å². The van der Waals surface area contributed by atoms with Crippen LogP contribution in [0.25, 0.3) is 10.2 Å². The summed E-state index contributed by atoms with van der Waals surface area (Å²) in [4.78, 5) is 10.2. The molecule has 0 aromatic carbocycles. The van der Waals surface area contributed by atoms with E-state index < -0.39 is 0 Å². The van der Waals surface area contributed by atoms with Crippen LogP contribution in [-0.2, 0) is 0 Å². The Balaban J connectivity index is 2.37. The van der Waals surface area contributed by atoms with E-state index >= 15 is 0 Å². The van der Waals surface area contributed by atoms with Gasteiger partial charge in [-0.25, -0.2) is 4.98 Å². The molecule has 2 rings (SSSR count). The third kappa shape index (κ3) is 3.35. The van der Waals surface area contributed by atoms with Crippen molar-refractivity contribution in [3.05, 3.63) is 11.4 Å². The van der Waals surface area contributed by atoms with Crippen LogP contribution in [0, 0.1) is 0 Å². The number of nitrogens with one attached hydrogen (secondary N) is 2. The smallest absolute Gasteiger partial charge is 0.226 e. The number of anilines is 2. The average molecular weight is 278 g/mol. The second kappa shape index (κ2) is 5.74. The summed E-state index contributed by atoms with van der Waals surface area (Å²) in [7, 11) is 0. The molecule has 4 nitrogen and oxygen atoms in total. The van der Waals surface area contributed by atoms with Gasteiger partial charge in [0.1, 0.15) is 10.6 Å². The fourth-order valence-electron chi connectivity index (χ4n) is 2.20. The Hall–Kier alpha value is -1.36. The van der Waals surface area contributed by atoms with E-state index in [2.05, 4.69) is 59.7 Å². The first-order valence-corrected chi connectivity index (χ1v) is 7.71. The first-order valence-electron chi connectivity index (χ1n) is 6.83. The number of hydrogen-bond acceptors (Lipinski definition) is 5. The van der Waals surface area contributed by atoms with E-state index in [1.807, 2.05) is 0 Å². The van der Waals surface area contributed by atoms with Gasteiger partial charge in [-0.2, -0.15) is 4.98 Å². The molecule has 2 heterocycles. The van der Waals surface area contributed by atoms with Gasteiger partial charge in [0.05, 0.1) is 5.39 Å². The number of fused-ring (bicyclic) bond motifs is 1. The Morgan fingerprint density at radius 1 is 1.26 bits per heavy atom. The normalized spacial score (nSPS) is 11.8. The van der Waals surface area contributed by atoms with Crippen molar-refractivity contribution in [3.8, 4) is 0 Å². The molecule has 5 heteroatoms. The second-order valence-corrected chi connectivity index (χ2v) is 6.22. The van der Waals surface area contributed by atoms with Crippen LogP contribution in [0.4, 0.5) is 11.8 Å². The Bertz CT molecular complexity index is 547.